The number of halogens is 1. The first-order chi connectivity index (χ1) is 8.99. The van der Waals surface area contributed by atoms with Gasteiger partial charge < -0.3 is 15.5 Å². The average molecular weight is 282 g/mol. The maximum absolute atomic E-state index is 11.3. The first kappa shape index (κ1) is 14.2. The normalized spacial score (nSPS) is 17.5. The number of hydrogen-bond donors (Lipinski definition) is 1. The Morgan fingerprint density at radius 2 is 1.95 bits per heavy atom. The van der Waals surface area contributed by atoms with Crippen molar-refractivity contribution in [2.45, 2.75) is 19.9 Å². The second-order valence-corrected chi connectivity index (χ2v) is 5.40. The second-order valence-electron chi connectivity index (χ2n) is 4.99. The number of amides is 1. The van der Waals surface area contributed by atoms with Gasteiger partial charge in [0, 0.05) is 39.1 Å². The Kier molecular flexibility index (Phi) is 4.32. The number of benzene rings is 1. The maximum Gasteiger partial charge on any atom is 0.219 e. The summed E-state index contributed by atoms with van der Waals surface area (Å²) in [5, 5.41) is 0.728. The molecular weight excluding hydrogens is 262 g/mol. The van der Waals surface area contributed by atoms with Crippen LogP contribution in [0.15, 0.2) is 18.2 Å². The highest BCUT2D eigenvalue weighted by Crippen LogP contribution is 2.29. The first-order valence-corrected chi connectivity index (χ1v) is 6.92. The molecule has 5 heteroatoms. The van der Waals surface area contributed by atoms with E-state index in [1.54, 1.807) is 6.92 Å². The number of anilines is 1. The van der Waals surface area contributed by atoms with Gasteiger partial charge in [0.2, 0.25) is 5.91 Å². The Bertz CT molecular complexity index is 468. The zero-order valence-electron chi connectivity index (χ0n) is 11.4. The molecule has 0 unspecified atom stereocenters. The molecular formula is C14H20ClN3O. The van der Waals surface area contributed by atoms with Crippen LogP contribution in [0.5, 0.6) is 0 Å². The molecule has 4 nitrogen and oxygen atoms in total. The van der Waals surface area contributed by atoms with Gasteiger partial charge in [-0.1, -0.05) is 17.7 Å². The molecule has 0 aliphatic carbocycles. The fourth-order valence-electron chi connectivity index (χ4n) is 2.33. The van der Waals surface area contributed by atoms with Crippen LogP contribution in [-0.2, 0) is 4.79 Å². The zero-order valence-corrected chi connectivity index (χ0v) is 12.2. The third-order valence-corrected chi connectivity index (χ3v) is 3.87. The van der Waals surface area contributed by atoms with E-state index in [0.717, 1.165) is 42.5 Å². The van der Waals surface area contributed by atoms with E-state index in [1.807, 2.05) is 30.0 Å². The van der Waals surface area contributed by atoms with Crippen LogP contribution in [0, 0.1) is 0 Å². The van der Waals surface area contributed by atoms with Gasteiger partial charge >= 0.3 is 0 Å². The van der Waals surface area contributed by atoms with Gasteiger partial charge in [-0.15, -0.1) is 0 Å². The van der Waals surface area contributed by atoms with Gasteiger partial charge in [0.05, 0.1) is 10.7 Å². The van der Waals surface area contributed by atoms with Crippen LogP contribution < -0.4 is 10.6 Å². The van der Waals surface area contributed by atoms with E-state index in [2.05, 4.69) is 4.90 Å². The van der Waals surface area contributed by atoms with Crippen LogP contribution in [-0.4, -0.2) is 37.0 Å². The molecule has 2 N–H and O–H groups in total. The molecule has 1 saturated heterocycles. The SMILES string of the molecule is CC(=O)N1CCN(c2ccc([C@H](C)N)cc2Cl)CC1. The molecule has 1 amide bonds. The Hall–Kier alpha value is -1.26. The van der Waals surface area contributed by atoms with E-state index in [1.165, 1.54) is 0 Å². The van der Waals surface area contributed by atoms with E-state index >= 15 is 0 Å². The Morgan fingerprint density at radius 1 is 1.32 bits per heavy atom. The largest absolute Gasteiger partial charge is 0.367 e. The van der Waals surface area contributed by atoms with Crippen molar-refractivity contribution in [1.29, 1.82) is 0 Å². The standard InChI is InChI=1S/C14H20ClN3O/c1-10(16)12-3-4-14(13(15)9-12)18-7-5-17(6-8-18)11(2)19/h3-4,9-10H,5-8,16H2,1-2H3/t10-/m0/s1. The summed E-state index contributed by atoms with van der Waals surface area (Å²) >= 11 is 6.33. The van der Waals surface area contributed by atoms with E-state index in [4.69, 9.17) is 17.3 Å². The molecule has 1 aliphatic heterocycles. The average Bonchev–Trinajstić information content (AvgIpc) is 2.38. The quantitative estimate of drug-likeness (QED) is 0.902. The predicted octanol–water partition coefficient (Wildman–Crippen LogP) is 2.03. The molecule has 1 atom stereocenters. The maximum atomic E-state index is 11.3. The summed E-state index contributed by atoms with van der Waals surface area (Å²) in [7, 11) is 0. The molecule has 0 bridgehead atoms. The topological polar surface area (TPSA) is 49.6 Å². The molecule has 1 heterocycles. The predicted molar refractivity (Wildman–Crippen MR) is 78.5 cm³/mol. The van der Waals surface area contributed by atoms with Crippen molar-refractivity contribution in [1.82, 2.24) is 4.90 Å². The van der Waals surface area contributed by atoms with Crippen LogP contribution in [0.25, 0.3) is 0 Å². The van der Waals surface area contributed by atoms with E-state index < -0.39 is 0 Å². The fourth-order valence-corrected chi connectivity index (χ4v) is 2.63. The molecule has 1 aromatic rings. The molecule has 2 rings (SSSR count). The second kappa shape index (κ2) is 5.80. The number of carbonyl (C=O) groups is 1. The summed E-state index contributed by atoms with van der Waals surface area (Å²) in [6, 6.07) is 5.95. The number of hydrogen-bond acceptors (Lipinski definition) is 3. The van der Waals surface area contributed by atoms with Gasteiger partial charge in [0.1, 0.15) is 0 Å². The lowest BCUT2D eigenvalue weighted by atomic mass is 10.1. The number of carbonyl (C=O) groups excluding carboxylic acids is 1. The summed E-state index contributed by atoms with van der Waals surface area (Å²) in [6.45, 7) is 6.69. The van der Waals surface area contributed by atoms with Gasteiger partial charge in [0.15, 0.2) is 0 Å². The number of nitrogens with two attached hydrogens (primary N) is 1. The highest BCUT2D eigenvalue weighted by molar-refractivity contribution is 6.33. The molecule has 104 valence electrons. The van der Waals surface area contributed by atoms with Crippen molar-refractivity contribution < 1.29 is 4.79 Å². The highest BCUT2D eigenvalue weighted by Gasteiger charge is 2.20. The van der Waals surface area contributed by atoms with Crippen molar-refractivity contribution >= 4 is 23.2 Å². The van der Waals surface area contributed by atoms with Crippen LogP contribution in [0.4, 0.5) is 5.69 Å². The lowest BCUT2D eigenvalue weighted by Crippen LogP contribution is -2.48. The van der Waals surface area contributed by atoms with E-state index in [-0.39, 0.29) is 11.9 Å². The molecule has 0 saturated carbocycles. The number of nitrogens with zero attached hydrogens (tertiary/aromatic N) is 2. The van der Waals surface area contributed by atoms with Crippen molar-refractivity contribution in [2.24, 2.45) is 5.73 Å². The van der Waals surface area contributed by atoms with E-state index in [0.29, 0.717) is 0 Å². The molecule has 1 fully saturated rings. The van der Waals surface area contributed by atoms with Crippen LogP contribution >= 0.6 is 11.6 Å². The van der Waals surface area contributed by atoms with Gasteiger partial charge in [-0.05, 0) is 24.6 Å². The molecule has 0 aromatic heterocycles. The van der Waals surface area contributed by atoms with Crippen LogP contribution in [0.3, 0.4) is 0 Å². The minimum Gasteiger partial charge on any atom is -0.367 e. The molecule has 1 aliphatic rings. The van der Waals surface area contributed by atoms with Crippen molar-refractivity contribution in [3.8, 4) is 0 Å². The summed E-state index contributed by atoms with van der Waals surface area (Å²) in [5.74, 6) is 0.137. The molecule has 19 heavy (non-hydrogen) atoms. The lowest BCUT2D eigenvalue weighted by Gasteiger charge is -2.36. The minimum atomic E-state index is -0.0129. The summed E-state index contributed by atoms with van der Waals surface area (Å²) < 4.78 is 0. The van der Waals surface area contributed by atoms with Gasteiger partial charge in [-0.2, -0.15) is 0 Å². The van der Waals surface area contributed by atoms with Crippen molar-refractivity contribution in [3.63, 3.8) is 0 Å². The monoisotopic (exact) mass is 281 g/mol. The zero-order chi connectivity index (χ0) is 14.0. The number of rotatable bonds is 2. The molecule has 0 spiro atoms. The molecule has 1 aromatic carbocycles. The Labute approximate surface area is 119 Å². The van der Waals surface area contributed by atoms with Crippen LogP contribution in [0.2, 0.25) is 5.02 Å². The van der Waals surface area contributed by atoms with Crippen molar-refractivity contribution in [3.05, 3.63) is 28.8 Å². The minimum absolute atomic E-state index is 0.0129. The smallest absolute Gasteiger partial charge is 0.219 e. The fraction of sp³-hybridized carbons (Fsp3) is 0.500. The molecule has 0 radical (unpaired) electrons. The third kappa shape index (κ3) is 3.19. The highest BCUT2D eigenvalue weighted by atomic mass is 35.5. The Morgan fingerprint density at radius 3 is 2.42 bits per heavy atom. The summed E-state index contributed by atoms with van der Waals surface area (Å²) in [5.41, 5.74) is 7.91. The third-order valence-electron chi connectivity index (χ3n) is 3.56. The Balaban J connectivity index is 2.09. The number of piperazine rings is 1. The van der Waals surface area contributed by atoms with Gasteiger partial charge in [-0.25, -0.2) is 0 Å². The van der Waals surface area contributed by atoms with Gasteiger partial charge in [0.25, 0.3) is 0 Å². The lowest BCUT2D eigenvalue weighted by molar-refractivity contribution is -0.129. The van der Waals surface area contributed by atoms with Crippen molar-refractivity contribution in [2.75, 3.05) is 31.1 Å². The summed E-state index contributed by atoms with van der Waals surface area (Å²) in [4.78, 5) is 15.4. The van der Waals surface area contributed by atoms with E-state index in [9.17, 15) is 4.79 Å². The summed E-state index contributed by atoms with van der Waals surface area (Å²) in [6.07, 6.45) is 0. The first-order valence-electron chi connectivity index (χ1n) is 6.54. The van der Waals surface area contributed by atoms with Gasteiger partial charge in [-0.3, -0.25) is 4.79 Å². The van der Waals surface area contributed by atoms with Crippen LogP contribution in [0.1, 0.15) is 25.5 Å².